The zero-order valence-corrected chi connectivity index (χ0v) is 16.4. The van der Waals surface area contributed by atoms with Crippen LogP contribution in [0.2, 0.25) is 0 Å². The molecule has 0 unspecified atom stereocenters. The van der Waals surface area contributed by atoms with Crippen LogP contribution in [0.3, 0.4) is 0 Å². The first-order valence-corrected chi connectivity index (χ1v) is 10.2. The van der Waals surface area contributed by atoms with Crippen molar-refractivity contribution in [2.45, 2.75) is 31.9 Å². The number of hydrogen-bond acceptors (Lipinski definition) is 4. The molecule has 0 aliphatic heterocycles. The van der Waals surface area contributed by atoms with Gasteiger partial charge in [-0.3, -0.25) is 4.79 Å². The van der Waals surface area contributed by atoms with Gasteiger partial charge in [0, 0.05) is 30.8 Å². The van der Waals surface area contributed by atoms with E-state index in [1.54, 1.807) is 11.0 Å². The van der Waals surface area contributed by atoms with Crippen molar-refractivity contribution in [1.29, 1.82) is 0 Å². The number of sulfonamides is 1. The molecule has 9 heteroatoms. The van der Waals surface area contributed by atoms with E-state index in [-0.39, 0.29) is 28.7 Å². The van der Waals surface area contributed by atoms with Crippen LogP contribution in [0, 0.1) is 0 Å². The second-order valence-corrected chi connectivity index (χ2v) is 7.58. The van der Waals surface area contributed by atoms with Crippen molar-refractivity contribution in [3.63, 3.8) is 0 Å². The fourth-order valence-electron chi connectivity index (χ4n) is 2.59. The largest absolute Gasteiger partial charge is 0.434 e. The summed E-state index contributed by atoms with van der Waals surface area (Å²) in [4.78, 5) is 13.9. The molecule has 2 aromatic carbocycles. The molecule has 0 saturated heterocycles. The van der Waals surface area contributed by atoms with Gasteiger partial charge in [0.15, 0.2) is 0 Å². The van der Waals surface area contributed by atoms with Crippen LogP contribution in [-0.2, 0) is 16.6 Å². The Balaban J connectivity index is 2.12. The molecule has 1 N–H and O–H groups in total. The minimum Gasteiger partial charge on any atom is -0.434 e. The molecule has 0 atom stereocenters. The van der Waals surface area contributed by atoms with E-state index >= 15 is 0 Å². The zero-order valence-electron chi connectivity index (χ0n) is 15.6. The Bertz CT molecular complexity index is 898. The molecule has 0 aliphatic carbocycles. The lowest BCUT2D eigenvalue weighted by molar-refractivity contribution is -0.0504. The average Bonchev–Trinajstić information content (AvgIpc) is 2.68. The second-order valence-electron chi connectivity index (χ2n) is 5.81. The zero-order chi connectivity index (χ0) is 20.7. The van der Waals surface area contributed by atoms with Gasteiger partial charge in [0.2, 0.25) is 10.0 Å². The Labute approximate surface area is 163 Å². The van der Waals surface area contributed by atoms with Gasteiger partial charge < -0.3 is 9.64 Å². The van der Waals surface area contributed by atoms with Gasteiger partial charge in [-0.05, 0) is 44.2 Å². The maximum Gasteiger partial charge on any atom is 0.387 e. The minimum atomic E-state index is -3.90. The summed E-state index contributed by atoms with van der Waals surface area (Å²) in [7, 11) is -3.90. The number of amides is 1. The number of nitrogens with one attached hydrogen (secondary N) is 1. The van der Waals surface area contributed by atoms with E-state index in [1.807, 2.05) is 13.8 Å². The molecule has 0 aliphatic rings. The summed E-state index contributed by atoms with van der Waals surface area (Å²) in [5.41, 5.74) is 0.665. The molecule has 2 rings (SSSR count). The smallest absolute Gasteiger partial charge is 0.387 e. The third-order valence-corrected chi connectivity index (χ3v) is 5.52. The molecule has 6 nitrogen and oxygen atoms in total. The SMILES string of the molecule is CCN(CC)C(=O)c1ccc(S(=O)(=O)NCc2ccccc2OC(F)F)cc1. The van der Waals surface area contributed by atoms with E-state index in [0.717, 1.165) is 0 Å². The summed E-state index contributed by atoms with van der Waals surface area (Å²) < 4.78 is 56.6. The number of alkyl halides is 2. The summed E-state index contributed by atoms with van der Waals surface area (Å²) in [6, 6.07) is 11.5. The van der Waals surface area contributed by atoms with E-state index in [2.05, 4.69) is 9.46 Å². The van der Waals surface area contributed by atoms with Gasteiger partial charge >= 0.3 is 6.61 Å². The van der Waals surface area contributed by atoms with Crippen LogP contribution in [-0.4, -0.2) is 38.9 Å². The molecule has 0 radical (unpaired) electrons. The summed E-state index contributed by atoms with van der Waals surface area (Å²) in [5, 5.41) is 0. The van der Waals surface area contributed by atoms with E-state index in [1.165, 1.54) is 42.5 Å². The molecule has 0 saturated carbocycles. The Hall–Kier alpha value is -2.52. The van der Waals surface area contributed by atoms with Crippen LogP contribution >= 0.6 is 0 Å². The van der Waals surface area contributed by atoms with E-state index in [9.17, 15) is 22.0 Å². The molecule has 0 heterocycles. The van der Waals surface area contributed by atoms with Gasteiger partial charge in [0.25, 0.3) is 5.91 Å². The fraction of sp³-hybridized carbons (Fsp3) is 0.316. The van der Waals surface area contributed by atoms with Gasteiger partial charge in [-0.15, -0.1) is 0 Å². The highest BCUT2D eigenvalue weighted by molar-refractivity contribution is 7.89. The van der Waals surface area contributed by atoms with Gasteiger partial charge in [0.05, 0.1) is 4.90 Å². The summed E-state index contributed by atoms with van der Waals surface area (Å²) in [6.07, 6.45) is 0. The van der Waals surface area contributed by atoms with Crippen molar-refractivity contribution in [3.8, 4) is 5.75 Å². The van der Waals surface area contributed by atoms with Crippen LogP contribution in [0.15, 0.2) is 53.4 Å². The van der Waals surface area contributed by atoms with E-state index in [0.29, 0.717) is 18.7 Å². The first-order valence-electron chi connectivity index (χ1n) is 8.70. The molecular weight excluding hydrogens is 390 g/mol. The number of carbonyl (C=O) groups excluding carboxylic acids is 1. The monoisotopic (exact) mass is 412 g/mol. The number of nitrogens with zero attached hydrogens (tertiary/aromatic N) is 1. The van der Waals surface area contributed by atoms with Crippen LogP contribution in [0.5, 0.6) is 5.75 Å². The topological polar surface area (TPSA) is 75.7 Å². The van der Waals surface area contributed by atoms with E-state index < -0.39 is 16.6 Å². The summed E-state index contributed by atoms with van der Waals surface area (Å²) >= 11 is 0. The number of para-hydroxylation sites is 1. The van der Waals surface area contributed by atoms with Crippen molar-refractivity contribution in [2.75, 3.05) is 13.1 Å². The number of benzene rings is 2. The molecular formula is C19H22F2N2O4S. The second kappa shape index (κ2) is 9.61. The lowest BCUT2D eigenvalue weighted by atomic mass is 10.2. The Morgan fingerprint density at radius 2 is 1.68 bits per heavy atom. The van der Waals surface area contributed by atoms with Crippen LogP contribution < -0.4 is 9.46 Å². The molecule has 0 fully saturated rings. The predicted octanol–water partition coefficient (Wildman–Crippen LogP) is 3.25. The highest BCUT2D eigenvalue weighted by Crippen LogP contribution is 2.21. The van der Waals surface area contributed by atoms with Gasteiger partial charge in [0.1, 0.15) is 5.75 Å². The lowest BCUT2D eigenvalue weighted by Crippen LogP contribution is -2.30. The van der Waals surface area contributed by atoms with Gasteiger partial charge in [-0.1, -0.05) is 18.2 Å². The highest BCUT2D eigenvalue weighted by Gasteiger charge is 2.18. The summed E-state index contributed by atoms with van der Waals surface area (Å²) in [5.74, 6) is -0.277. The standard InChI is InChI=1S/C19H22F2N2O4S/c1-3-23(4-2)18(24)14-9-11-16(12-10-14)28(25,26)22-13-15-7-5-6-8-17(15)27-19(20)21/h5-12,19,22H,3-4,13H2,1-2H3. The Morgan fingerprint density at radius 3 is 2.25 bits per heavy atom. The van der Waals surface area contributed by atoms with Crippen LogP contribution in [0.1, 0.15) is 29.8 Å². The number of halogens is 2. The number of ether oxygens (including phenoxy) is 1. The third-order valence-electron chi connectivity index (χ3n) is 4.10. The summed E-state index contributed by atoms with van der Waals surface area (Å²) in [6.45, 7) is 1.60. The van der Waals surface area contributed by atoms with E-state index in [4.69, 9.17) is 0 Å². The van der Waals surface area contributed by atoms with Crippen molar-refractivity contribution < 1.29 is 26.7 Å². The minimum absolute atomic E-state index is 0.0316. The van der Waals surface area contributed by atoms with Gasteiger partial charge in [-0.2, -0.15) is 8.78 Å². The van der Waals surface area contributed by atoms with Crippen molar-refractivity contribution >= 4 is 15.9 Å². The van der Waals surface area contributed by atoms with Crippen molar-refractivity contribution in [3.05, 3.63) is 59.7 Å². The predicted molar refractivity (Wildman–Crippen MR) is 101 cm³/mol. The normalized spacial score (nSPS) is 11.5. The van der Waals surface area contributed by atoms with Gasteiger partial charge in [-0.25, -0.2) is 13.1 Å². The molecule has 0 bridgehead atoms. The number of rotatable bonds is 9. The molecule has 28 heavy (non-hydrogen) atoms. The Kier molecular flexibility index (Phi) is 7.47. The average molecular weight is 412 g/mol. The molecule has 152 valence electrons. The maximum absolute atomic E-state index is 12.5. The van der Waals surface area contributed by atoms with Crippen LogP contribution in [0.4, 0.5) is 8.78 Å². The first kappa shape index (κ1) is 21.8. The Morgan fingerprint density at radius 1 is 1.07 bits per heavy atom. The molecule has 0 aromatic heterocycles. The fourth-order valence-corrected chi connectivity index (χ4v) is 3.59. The quantitative estimate of drug-likeness (QED) is 0.686. The molecule has 0 spiro atoms. The van der Waals surface area contributed by atoms with Crippen molar-refractivity contribution in [1.82, 2.24) is 9.62 Å². The number of hydrogen-bond donors (Lipinski definition) is 1. The highest BCUT2D eigenvalue weighted by atomic mass is 32.2. The maximum atomic E-state index is 12.5. The molecule has 1 amide bonds. The van der Waals surface area contributed by atoms with Crippen LogP contribution in [0.25, 0.3) is 0 Å². The first-order chi connectivity index (χ1) is 13.3. The molecule has 2 aromatic rings. The number of carbonyl (C=O) groups is 1. The lowest BCUT2D eigenvalue weighted by Gasteiger charge is -2.18. The third kappa shape index (κ3) is 5.49. The van der Waals surface area contributed by atoms with Crippen molar-refractivity contribution in [2.24, 2.45) is 0 Å².